The summed E-state index contributed by atoms with van der Waals surface area (Å²) in [5.74, 6) is -1.19. The Bertz CT molecular complexity index is 529. The molecule has 1 amide bonds. The standard InChI is InChI=1S/C13H15ClN2O4/c1-2-20-12-10(14)5-8(6-15-12)11(17)16-9-3-7(4-9)13(18)19/h5-7,9H,2-4H2,1H3,(H,16,17)(H,18,19). The lowest BCUT2D eigenvalue weighted by Gasteiger charge is -2.32. The van der Waals surface area contributed by atoms with E-state index >= 15 is 0 Å². The molecule has 0 spiro atoms. The number of carboxylic acids is 1. The van der Waals surface area contributed by atoms with Crippen molar-refractivity contribution in [2.24, 2.45) is 5.92 Å². The van der Waals surface area contributed by atoms with Crippen molar-refractivity contribution in [2.45, 2.75) is 25.8 Å². The Balaban J connectivity index is 1.93. The molecule has 1 aliphatic rings. The zero-order chi connectivity index (χ0) is 14.7. The Kier molecular flexibility index (Phi) is 4.44. The maximum absolute atomic E-state index is 11.9. The summed E-state index contributed by atoms with van der Waals surface area (Å²) in [5.41, 5.74) is 0.331. The molecule has 0 radical (unpaired) electrons. The van der Waals surface area contributed by atoms with E-state index in [1.165, 1.54) is 12.3 Å². The summed E-state index contributed by atoms with van der Waals surface area (Å²) < 4.78 is 5.19. The van der Waals surface area contributed by atoms with E-state index in [0.29, 0.717) is 30.9 Å². The van der Waals surface area contributed by atoms with Crippen molar-refractivity contribution in [1.29, 1.82) is 0 Å². The lowest BCUT2D eigenvalue weighted by Crippen LogP contribution is -2.46. The van der Waals surface area contributed by atoms with Crippen LogP contribution in [-0.4, -0.2) is 34.6 Å². The van der Waals surface area contributed by atoms with Crippen LogP contribution >= 0.6 is 11.6 Å². The number of rotatable bonds is 5. The number of carbonyl (C=O) groups excluding carboxylic acids is 1. The fraction of sp³-hybridized carbons (Fsp3) is 0.462. The molecule has 1 saturated carbocycles. The smallest absolute Gasteiger partial charge is 0.306 e. The van der Waals surface area contributed by atoms with Crippen LogP contribution in [-0.2, 0) is 4.79 Å². The molecule has 0 unspecified atom stereocenters. The minimum atomic E-state index is -0.818. The Morgan fingerprint density at radius 3 is 2.80 bits per heavy atom. The summed E-state index contributed by atoms with van der Waals surface area (Å²) in [6, 6.07) is 1.39. The first-order chi connectivity index (χ1) is 9.51. The molecule has 108 valence electrons. The van der Waals surface area contributed by atoms with Crippen LogP contribution in [0.1, 0.15) is 30.1 Å². The number of nitrogens with one attached hydrogen (secondary N) is 1. The quantitative estimate of drug-likeness (QED) is 0.864. The van der Waals surface area contributed by atoms with Crippen LogP contribution in [0.2, 0.25) is 5.02 Å². The van der Waals surface area contributed by atoms with Crippen LogP contribution in [0.15, 0.2) is 12.3 Å². The molecule has 1 fully saturated rings. The maximum atomic E-state index is 11.9. The first-order valence-corrected chi connectivity index (χ1v) is 6.71. The molecule has 0 bridgehead atoms. The van der Waals surface area contributed by atoms with Gasteiger partial charge in [-0.2, -0.15) is 0 Å². The van der Waals surface area contributed by atoms with Crippen molar-refractivity contribution < 1.29 is 19.4 Å². The Morgan fingerprint density at radius 2 is 2.25 bits per heavy atom. The highest BCUT2D eigenvalue weighted by atomic mass is 35.5. The summed E-state index contributed by atoms with van der Waals surface area (Å²) in [4.78, 5) is 26.6. The van der Waals surface area contributed by atoms with Gasteiger partial charge in [-0.15, -0.1) is 0 Å². The predicted molar refractivity (Wildman–Crippen MR) is 72.0 cm³/mol. The van der Waals surface area contributed by atoms with E-state index in [9.17, 15) is 9.59 Å². The highest BCUT2D eigenvalue weighted by Gasteiger charge is 2.35. The second kappa shape index (κ2) is 6.09. The van der Waals surface area contributed by atoms with Crippen LogP contribution in [0.5, 0.6) is 5.88 Å². The average molecular weight is 299 g/mol. The Hall–Kier alpha value is -1.82. The number of pyridine rings is 1. The number of nitrogens with zero attached hydrogens (tertiary/aromatic N) is 1. The topological polar surface area (TPSA) is 88.5 Å². The summed E-state index contributed by atoms with van der Waals surface area (Å²) in [6.07, 6.45) is 2.30. The number of hydrogen-bond donors (Lipinski definition) is 2. The third kappa shape index (κ3) is 3.19. The van der Waals surface area contributed by atoms with E-state index in [2.05, 4.69) is 10.3 Å². The summed E-state index contributed by atoms with van der Waals surface area (Å²) >= 11 is 5.96. The number of ether oxygens (including phenoxy) is 1. The lowest BCUT2D eigenvalue weighted by atomic mass is 9.80. The average Bonchev–Trinajstić information content (AvgIpc) is 2.35. The van der Waals surface area contributed by atoms with Crippen molar-refractivity contribution in [2.75, 3.05) is 6.61 Å². The van der Waals surface area contributed by atoms with Crippen molar-refractivity contribution >= 4 is 23.5 Å². The van der Waals surface area contributed by atoms with Crippen molar-refractivity contribution in [1.82, 2.24) is 10.3 Å². The molecule has 1 heterocycles. The minimum Gasteiger partial charge on any atom is -0.481 e. The van der Waals surface area contributed by atoms with Gasteiger partial charge < -0.3 is 15.2 Å². The third-order valence-electron chi connectivity index (χ3n) is 3.17. The van der Waals surface area contributed by atoms with Gasteiger partial charge in [-0.25, -0.2) is 4.98 Å². The largest absolute Gasteiger partial charge is 0.481 e. The summed E-state index contributed by atoms with van der Waals surface area (Å²) in [7, 11) is 0. The van der Waals surface area contributed by atoms with Crippen LogP contribution in [0.25, 0.3) is 0 Å². The molecule has 2 N–H and O–H groups in total. The molecule has 1 aromatic rings. The van der Waals surface area contributed by atoms with Gasteiger partial charge in [0.25, 0.3) is 5.91 Å². The van der Waals surface area contributed by atoms with Crippen LogP contribution in [0.4, 0.5) is 0 Å². The SMILES string of the molecule is CCOc1ncc(C(=O)NC2CC(C(=O)O)C2)cc1Cl. The molecular formula is C13H15ClN2O4. The number of aromatic nitrogens is 1. The van der Waals surface area contributed by atoms with Crippen molar-refractivity contribution in [3.05, 3.63) is 22.8 Å². The fourth-order valence-electron chi connectivity index (χ4n) is 2.00. The van der Waals surface area contributed by atoms with Crippen molar-refractivity contribution in [3.63, 3.8) is 0 Å². The van der Waals surface area contributed by atoms with E-state index in [1.54, 1.807) is 0 Å². The van der Waals surface area contributed by atoms with Crippen LogP contribution in [0.3, 0.4) is 0 Å². The highest BCUT2D eigenvalue weighted by molar-refractivity contribution is 6.32. The Labute approximate surface area is 121 Å². The number of carboxylic acid groups (broad SMARTS) is 1. The van der Waals surface area contributed by atoms with E-state index in [-0.39, 0.29) is 22.9 Å². The molecule has 20 heavy (non-hydrogen) atoms. The molecule has 0 saturated heterocycles. The van der Waals surface area contributed by atoms with Crippen LogP contribution < -0.4 is 10.1 Å². The minimum absolute atomic E-state index is 0.103. The van der Waals surface area contributed by atoms with Gasteiger partial charge in [0.05, 0.1) is 18.1 Å². The molecule has 1 aliphatic carbocycles. The van der Waals surface area contributed by atoms with Gasteiger partial charge in [0.15, 0.2) is 0 Å². The molecule has 7 heteroatoms. The molecular weight excluding hydrogens is 284 g/mol. The first kappa shape index (κ1) is 14.6. The van der Waals surface area contributed by atoms with Gasteiger partial charge in [-0.3, -0.25) is 9.59 Å². The van der Waals surface area contributed by atoms with Gasteiger partial charge >= 0.3 is 5.97 Å². The molecule has 2 rings (SSSR count). The number of halogens is 1. The first-order valence-electron chi connectivity index (χ1n) is 6.33. The Morgan fingerprint density at radius 1 is 1.55 bits per heavy atom. The maximum Gasteiger partial charge on any atom is 0.306 e. The van der Waals surface area contributed by atoms with Gasteiger partial charge in [-0.1, -0.05) is 11.6 Å². The molecule has 0 atom stereocenters. The van der Waals surface area contributed by atoms with Gasteiger partial charge in [-0.05, 0) is 25.8 Å². The highest BCUT2D eigenvalue weighted by Crippen LogP contribution is 2.28. The second-order valence-electron chi connectivity index (χ2n) is 4.62. The van der Waals surface area contributed by atoms with Crippen molar-refractivity contribution in [3.8, 4) is 5.88 Å². The number of carbonyl (C=O) groups is 2. The summed E-state index contributed by atoms with van der Waals surface area (Å²) in [6.45, 7) is 2.25. The van der Waals surface area contributed by atoms with Gasteiger partial charge in [0.2, 0.25) is 5.88 Å². The predicted octanol–water partition coefficient (Wildman–Crippen LogP) is 1.73. The van der Waals surface area contributed by atoms with E-state index in [1.807, 2.05) is 6.92 Å². The molecule has 0 aromatic carbocycles. The molecule has 6 nitrogen and oxygen atoms in total. The third-order valence-corrected chi connectivity index (χ3v) is 3.44. The van der Waals surface area contributed by atoms with Gasteiger partial charge in [0, 0.05) is 12.2 Å². The fourth-order valence-corrected chi connectivity index (χ4v) is 2.22. The second-order valence-corrected chi connectivity index (χ2v) is 5.03. The number of hydrogen-bond acceptors (Lipinski definition) is 4. The van der Waals surface area contributed by atoms with E-state index in [4.69, 9.17) is 21.4 Å². The zero-order valence-corrected chi connectivity index (χ0v) is 11.7. The van der Waals surface area contributed by atoms with E-state index < -0.39 is 5.97 Å². The lowest BCUT2D eigenvalue weighted by molar-refractivity contribution is -0.145. The number of amides is 1. The monoisotopic (exact) mass is 298 g/mol. The zero-order valence-electron chi connectivity index (χ0n) is 10.9. The van der Waals surface area contributed by atoms with E-state index in [0.717, 1.165) is 0 Å². The van der Waals surface area contributed by atoms with Gasteiger partial charge in [0.1, 0.15) is 5.02 Å². The number of aliphatic carboxylic acids is 1. The molecule has 0 aliphatic heterocycles. The normalized spacial score (nSPS) is 20.9. The molecule has 1 aromatic heterocycles. The summed E-state index contributed by atoms with van der Waals surface area (Å²) in [5, 5.41) is 11.8. The van der Waals surface area contributed by atoms with Crippen LogP contribution in [0, 0.1) is 5.92 Å².